The minimum atomic E-state index is -1.08. The summed E-state index contributed by atoms with van der Waals surface area (Å²) in [6.07, 6.45) is 0.395. The molecule has 10 heteroatoms. The fraction of sp³-hybridized carbons (Fsp3) is 0.308. The molecule has 2 aliphatic rings. The zero-order valence-electron chi connectivity index (χ0n) is 19.6. The number of thioether (sulfide) groups is 1. The largest absolute Gasteiger partial charge is 0.466 e. The fourth-order valence-electron chi connectivity index (χ4n) is 4.25. The Balaban J connectivity index is 1.67. The van der Waals surface area contributed by atoms with Gasteiger partial charge in [-0.2, -0.15) is 0 Å². The van der Waals surface area contributed by atoms with Gasteiger partial charge in [0.2, 0.25) is 0 Å². The maximum atomic E-state index is 13.7. The molecule has 4 rings (SSSR count). The van der Waals surface area contributed by atoms with Crippen molar-refractivity contribution >= 4 is 47.2 Å². The second-order valence-corrected chi connectivity index (χ2v) is 10.3. The first kappa shape index (κ1) is 25.8. The summed E-state index contributed by atoms with van der Waals surface area (Å²) in [6.45, 7) is 1.53. The van der Waals surface area contributed by atoms with Crippen molar-refractivity contribution in [1.82, 2.24) is 4.90 Å². The molecule has 1 amide bonds. The molecular weight excluding hydrogens is 506 g/mol. The number of hydrogen-bond acceptors (Lipinski definition) is 8. The van der Waals surface area contributed by atoms with Crippen LogP contribution >= 0.6 is 23.4 Å². The van der Waals surface area contributed by atoms with Gasteiger partial charge in [-0.25, -0.2) is 9.59 Å². The third kappa shape index (κ3) is 4.99. The Bertz CT molecular complexity index is 1150. The average molecular weight is 530 g/mol. The van der Waals surface area contributed by atoms with Crippen LogP contribution in [0.15, 0.2) is 72.3 Å². The standard InChI is InChI=1S/C26H24ClNO7S/c1-26(15-34-20(30)14-27)22(28-23(31)18(24(28)36-26)13-19(29)33-2)25(32)35-21(16-9-5-3-6-10-16)17-11-7-4-8-12-17/h3-13,21-22,24H,14-15H2,1-2H3/b18-13-/t22-,24?,26-/m0/s1. The van der Waals surface area contributed by atoms with Crippen LogP contribution < -0.4 is 0 Å². The van der Waals surface area contributed by atoms with E-state index in [1.807, 2.05) is 60.7 Å². The second kappa shape index (κ2) is 10.8. The number of benzene rings is 2. The van der Waals surface area contributed by atoms with E-state index in [2.05, 4.69) is 4.74 Å². The van der Waals surface area contributed by atoms with Crippen LogP contribution in [0, 0.1) is 0 Å². The summed E-state index contributed by atoms with van der Waals surface area (Å²) in [7, 11) is 1.21. The van der Waals surface area contributed by atoms with Gasteiger partial charge in [0, 0.05) is 6.08 Å². The highest BCUT2D eigenvalue weighted by atomic mass is 35.5. The van der Waals surface area contributed by atoms with Crippen LogP contribution in [-0.2, 0) is 33.4 Å². The van der Waals surface area contributed by atoms with Crippen molar-refractivity contribution in [1.29, 1.82) is 0 Å². The fourth-order valence-corrected chi connectivity index (χ4v) is 5.93. The Morgan fingerprint density at radius 3 is 2.19 bits per heavy atom. The Morgan fingerprint density at radius 1 is 1.08 bits per heavy atom. The van der Waals surface area contributed by atoms with Crippen molar-refractivity contribution in [2.24, 2.45) is 0 Å². The maximum Gasteiger partial charge on any atom is 0.331 e. The van der Waals surface area contributed by atoms with Crippen molar-refractivity contribution in [2.75, 3.05) is 19.6 Å². The third-order valence-corrected chi connectivity index (χ3v) is 7.81. The molecule has 36 heavy (non-hydrogen) atoms. The van der Waals surface area contributed by atoms with Crippen molar-refractivity contribution < 1.29 is 33.4 Å². The van der Waals surface area contributed by atoms with E-state index in [0.29, 0.717) is 0 Å². The van der Waals surface area contributed by atoms with Crippen LogP contribution in [-0.4, -0.2) is 64.5 Å². The molecule has 0 saturated carbocycles. The molecule has 0 aliphatic carbocycles. The highest BCUT2D eigenvalue weighted by Crippen LogP contribution is 2.54. The predicted molar refractivity (Wildman–Crippen MR) is 133 cm³/mol. The summed E-state index contributed by atoms with van der Waals surface area (Å²) in [5, 5.41) is -0.597. The summed E-state index contributed by atoms with van der Waals surface area (Å²) in [5.41, 5.74) is 1.73. The van der Waals surface area contributed by atoms with Crippen molar-refractivity contribution in [3.8, 4) is 0 Å². The Morgan fingerprint density at radius 2 is 1.67 bits per heavy atom. The molecule has 0 N–H and O–H groups in total. The molecule has 8 nitrogen and oxygen atoms in total. The summed E-state index contributed by atoms with van der Waals surface area (Å²) >= 11 is 6.82. The van der Waals surface area contributed by atoms with Crippen molar-refractivity contribution in [2.45, 2.75) is 29.2 Å². The van der Waals surface area contributed by atoms with Gasteiger partial charge in [-0.05, 0) is 18.1 Å². The number of carbonyl (C=O) groups is 4. The summed E-state index contributed by atoms with van der Waals surface area (Å²) in [4.78, 5) is 51.7. The van der Waals surface area contributed by atoms with Gasteiger partial charge in [-0.15, -0.1) is 23.4 Å². The molecule has 0 spiro atoms. The van der Waals surface area contributed by atoms with Gasteiger partial charge >= 0.3 is 17.9 Å². The lowest BCUT2D eigenvalue weighted by Gasteiger charge is -2.40. The zero-order valence-corrected chi connectivity index (χ0v) is 21.2. The molecule has 0 aromatic heterocycles. The molecule has 0 bridgehead atoms. The van der Waals surface area contributed by atoms with E-state index in [1.165, 1.54) is 23.8 Å². The smallest absolute Gasteiger partial charge is 0.331 e. The topological polar surface area (TPSA) is 99.2 Å². The number of alkyl halides is 1. The van der Waals surface area contributed by atoms with Gasteiger partial charge in [0.25, 0.3) is 5.91 Å². The van der Waals surface area contributed by atoms with E-state index in [1.54, 1.807) is 6.92 Å². The molecule has 1 unspecified atom stereocenters. The number of nitrogens with zero attached hydrogens (tertiary/aromatic N) is 1. The van der Waals surface area contributed by atoms with Gasteiger partial charge in [-0.3, -0.25) is 9.59 Å². The molecule has 2 aliphatic heterocycles. The molecule has 188 valence electrons. The number of esters is 3. The molecular formula is C26H24ClNO7S. The van der Waals surface area contributed by atoms with Crippen LogP contribution in [0.25, 0.3) is 0 Å². The number of ether oxygens (including phenoxy) is 3. The van der Waals surface area contributed by atoms with E-state index in [0.717, 1.165) is 17.2 Å². The lowest BCUT2D eigenvalue weighted by molar-refractivity contribution is -0.162. The zero-order chi connectivity index (χ0) is 25.9. The number of amides is 1. The Hall–Kier alpha value is -3.30. The molecule has 2 fully saturated rings. The Kier molecular flexibility index (Phi) is 7.70. The van der Waals surface area contributed by atoms with Gasteiger partial charge in [-0.1, -0.05) is 60.7 Å². The first-order chi connectivity index (χ1) is 17.3. The molecule has 2 heterocycles. The van der Waals surface area contributed by atoms with Crippen molar-refractivity contribution in [3.63, 3.8) is 0 Å². The molecule has 2 saturated heterocycles. The minimum absolute atomic E-state index is 0.184. The van der Waals surface area contributed by atoms with Gasteiger partial charge < -0.3 is 19.1 Å². The number of fused-ring (bicyclic) bond motifs is 1. The molecule has 3 atom stereocenters. The quantitative estimate of drug-likeness (QED) is 0.169. The number of halogens is 1. The SMILES string of the molecule is COC(=O)/C=C1/C(=O)N2C1S[C@@](C)(COC(=O)CCl)[C@@H]2C(=O)OC(c1ccccc1)c1ccccc1. The molecule has 2 aromatic rings. The van der Waals surface area contributed by atoms with Crippen LogP contribution in [0.4, 0.5) is 0 Å². The lowest BCUT2D eigenvalue weighted by atomic mass is 9.94. The van der Waals surface area contributed by atoms with E-state index >= 15 is 0 Å². The third-order valence-electron chi connectivity index (χ3n) is 6.00. The average Bonchev–Trinajstić information content (AvgIpc) is 3.19. The lowest BCUT2D eigenvalue weighted by Crippen LogP contribution is -2.60. The van der Waals surface area contributed by atoms with Crippen molar-refractivity contribution in [3.05, 3.63) is 83.4 Å². The van der Waals surface area contributed by atoms with E-state index in [-0.39, 0.29) is 18.1 Å². The summed E-state index contributed by atoms with van der Waals surface area (Å²) in [6, 6.07) is 17.4. The number of carbonyl (C=O) groups excluding carboxylic acids is 4. The molecule has 2 aromatic carbocycles. The maximum absolute atomic E-state index is 13.7. The first-order valence-corrected chi connectivity index (χ1v) is 12.5. The normalized spacial score (nSPS) is 23.7. The van der Waals surface area contributed by atoms with E-state index in [4.69, 9.17) is 21.1 Å². The number of methoxy groups -OCH3 is 1. The van der Waals surface area contributed by atoms with Gasteiger partial charge in [0.05, 0.1) is 17.4 Å². The number of rotatable bonds is 8. The number of β-lactam (4-membered cyclic amide) rings is 1. The van der Waals surface area contributed by atoms with Crippen LogP contribution in [0.3, 0.4) is 0 Å². The van der Waals surface area contributed by atoms with E-state index in [9.17, 15) is 19.2 Å². The predicted octanol–water partition coefficient (Wildman–Crippen LogP) is 3.24. The van der Waals surface area contributed by atoms with Gasteiger partial charge in [0.1, 0.15) is 23.9 Å². The summed E-state index contributed by atoms with van der Waals surface area (Å²) in [5.74, 6) is -2.81. The first-order valence-electron chi connectivity index (χ1n) is 11.1. The van der Waals surface area contributed by atoms with E-state index < -0.39 is 46.1 Å². The Labute approximate surface area is 217 Å². The molecule has 0 radical (unpaired) electrons. The highest BCUT2D eigenvalue weighted by Gasteiger charge is 2.64. The second-order valence-electron chi connectivity index (χ2n) is 8.45. The summed E-state index contributed by atoms with van der Waals surface area (Å²) < 4.78 is 14.9. The monoisotopic (exact) mass is 529 g/mol. The van der Waals surface area contributed by atoms with Gasteiger partial charge in [0.15, 0.2) is 6.10 Å². The highest BCUT2D eigenvalue weighted by molar-refractivity contribution is 8.02. The number of hydrogen-bond donors (Lipinski definition) is 0. The minimum Gasteiger partial charge on any atom is -0.466 e. The van der Waals surface area contributed by atoms with Crippen LogP contribution in [0.2, 0.25) is 0 Å². The van der Waals surface area contributed by atoms with Crippen LogP contribution in [0.5, 0.6) is 0 Å². The van der Waals surface area contributed by atoms with Crippen LogP contribution in [0.1, 0.15) is 24.2 Å².